The fraction of sp³-hybridized carbons (Fsp3) is 0.462. The van der Waals surface area contributed by atoms with Gasteiger partial charge in [-0.05, 0) is 0 Å². The summed E-state index contributed by atoms with van der Waals surface area (Å²) in [6, 6.07) is 0. The molecule has 2 aliphatic rings. The van der Waals surface area contributed by atoms with Gasteiger partial charge in [0.05, 0.1) is 12.0 Å². The van der Waals surface area contributed by atoms with Gasteiger partial charge in [-0.25, -0.2) is 19.5 Å². The standard InChI is InChI=1S/C13H16N6O4.H3O4P/c1-18-11-7-5(10(14)17-18)2-19(12(7)16-4-15-11)13-9(22)8(21)6(3-20)23-13;1-5(2,3)4/h2,4,6,8-9,13,20-22H,3H2,1H3,(H2,14,17);(H3,1,2,3,4)/t6-,8-,9-,13-;/m1./s1. The van der Waals surface area contributed by atoms with Crippen molar-refractivity contribution in [3.63, 3.8) is 0 Å². The Kier molecular flexibility index (Phi) is 5.40. The number of hydrazone groups is 1. The number of amidine groups is 1. The van der Waals surface area contributed by atoms with E-state index >= 15 is 0 Å². The molecule has 0 bridgehead atoms. The van der Waals surface area contributed by atoms with Gasteiger partial charge in [0.25, 0.3) is 0 Å². The van der Waals surface area contributed by atoms with Crippen LogP contribution in [-0.2, 0) is 9.30 Å². The number of rotatable bonds is 2. The Bertz CT molecular complexity index is 952. The van der Waals surface area contributed by atoms with Crippen molar-refractivity contribution in [2.45, 2.75) is 24.5 Å². The maximum atomic E-state index is 10.2. The summed E-state index contributed by atoms with van der Waals surface area (Å²) in [5, 5.41) is 35.9. The van der Waals surface area contributed by atoms with Gasteiger partial charge in [0.2, 0.25) is 0 Å². The highest BCUT2D eigenvalue weighted by Crippen LogP contribution is 2.37. The van der Waals surface area contributed by atoms with Crippen LogP contribution >= 0.6 is 7.82 Å². The van der Waals surface area contributed by atoms with Crippen LogP contribution in [0, 0.1) is 0 Å². The van der Waals surface area contributed by atoms with E-state index < -0.39 is 39.0 Å². The van der Waals surface area contributed by atoms with E-state index in [-0.39, 0.29) is 0 Å². The lowest BCUT2D eigenvalue weighted by atomic mass is 10.1. The van der Waals surface area contributed by atoms with Crippen LogP contribution in [0.1, 0.15) is 11.8 Å². The van der Waals surface area contributed by atoms with E-state index in [9.17, 15) is 15.3 Å². The van der Waals surface area contributed by atoms with Gasteiger partial charge in [-0.15, -0.1) is 0 Å². The van der Waals surface area contributed by atoms with Crippen molar-refractivity contribution in [3.8, 4) is 0 Å². The summed E-state index contributed by atoms with van der Waals surface area (Å²) < 4.78 is 16.0. The molecule has 2 aromatic heterocycles. The van der Waals surface area contributed by atoms with E-state index in [0.717, 1.165) is 0 Å². The summed E-state index contributed by atoms with van der Waals surface area (Å²) in [5.74, 6) is 0.884. The highest BCUT2D eigenvalue weighted by molar-refractivity contribution is 7.45. The Morgan fingerprint density at radius 3 is 2.46 bits per heavy atom. The normalized spacial score (nSPS) is 26.8. The zero-order valence-electron chi connectivity index (χ0n) is 14.4. The van der Waals surface area contributed by atoms with Gasteiger partial charge in [-0.2, -0.15) is 5.10 Å². The molecular formula is C13H19N6O8P. The molecule has 0 amide bonds. The zero-order chi connectivity index (χ0) is 20.8. The first-order chi connectivity index (χ1) is 13.0. The highest BCUT2D eigenvalue weighted by Gasteiger charge is 2.44. The third-order valence-corrected chi connectivity index (χ3v) is 4.22. The fourth-order valence-corrected chi connectivity index (χ4v) is 3.07. The van der Waals surface area contributed by atoms with Crippen LogP contribution in [0.25, 0.3) is 11.0 Å². The predicted molar refractivity (Wildman–Crippen MR) is 93.9 cm³/mol. The average Bonchev–Trinajstić information content (AvgIpc) is 3.11. The van der Waals surface area contributed by atoms with E-state index in [4.69, 9.17) is 29.7 Å². The molecule has 2 aromatic rings. The van der Waals surface area contributed by atoms with Crippen molar-refractivity contribution in [3.05, 3.63) is 18.1 Å². The lowest BCUT2D eigenvalue weighted by Crippen LogP contribution is -2.33. The van der Waals surface area contributed by atoms with Gasteiger partial charge in [0, 0.05) is 18.8 Å². The SMILES string of the molecule is CN1N=C(N)c2cn([C@@H]3O[C@H](CO)[C@@H](O)[C@H]3O)c3ncnc1c23.O=P(O)(O)O. The molecule has 0 aliphatic carbocycles. The highest BCUT2D eigenvalue weighted by atomic mass is 31.2. The molecule has 1 fully saturated rings. The van der Waals surface area contributed by atoms with Gasteiger partial charge in [-0.3, -0.25) is 0 Å². The maximum absolute atomic E-state index is 10.2. The molecule has 4 rings (SSSR count). The maximum Gasteiger partial charge on any atom is 0.466 e. The number of nitrogens with two attached hydrogens (primary N) is 1. The van der Waals surface area contributed by atoms with Gasteiger partial charge in [0.1, 0.15) is 30.3 Å². The average molecular weight is 418 g/mol. The Hall–Kier alpha value is -2.16. The molecule has 4 atom stereocenters. The predicted octanol–water partition coefficient (Wildman–Crippen LogP) is -2.82. The van der Waals surface area contributed by atoms with Gasteiger partial charge >= 0.3 is 7.82 Å². The number of ether oxygens (including phenoxy) is 1. The minimum atomic E-state index is -4.64. The number of anilines is 1. The van der Waals surface area contributed by atoms with E-state index in [1.165, 1.54) is 6.33 Å². The lowest BCUT2D eigenvalue weighted by molar-refractivity contribution is -0.0508. The molecule has 0 aromatic carbocycles. The van der Waals surface area contributed by atoms with Crippen molar-refractivity contribution in [1.29, 1.82) is 0 Å². The number of aliphatic hydroxyl groups is 3. The van der Waals surface area contributed by atoms with Crippen LogP contribution in [0.3, 0.4) is 0 Å². The van der Waals surface area contributed by atoms with Gasteiger partial charge in [-0.1, -0.05) is 0 Å². The Balaban J connectivity index is 0.000000403. The van der Waals surface area contributed by atoms with Crippen LogP contribution in [0.15, 0.2) is 17.6 Å². The van der Waals surface area contributed by atoms with Crippen molar-refractivity contribution in [1.82, 2.24) is 14.5 Å². The van der Waals surface area contributed by atoms with Crippen LogP contribution in [-0.4, -0.2) is 82.3 Å². The molecule has 1 saturated heterocycles. The summed E-state index contributed by atoms with van der Waals surface area (Å²) >= 11 is 0. The Morgan fingerprint density at radius 2 is 1.89 bits per heavy atom. The molecule has 2 aliphatic heterocycles. The first-order valence-corrected chi connectivity index (χ1v) is 9.44. The first kappa shape index (κ1) is 20.6. The molecule has 0 radical (unpaired) electrons. The number of aromatic nitrogens is 3. The molecule has 14 nitrogen and oxygen atoms in total. The van der Waals surface area contributed by atoms with Crippen LogP contribution < -0.4 is 10.7 Å². The Morgan fingerprint density at radius 1 is 1.25 bits per heavy atom. The number of hydrogen-bond donors (Lipinski definition) is 7. The van der Waals surface area contributed by atoms with Crippen LogP contribution in [0.2, 0.25) is 0 Å². The molecule has 0 saturated carbocycles. The van der Waals surface area contributed by atoms with Gasteiger partial charge < -0.3 is 45.0 Å². The fourth-order valence-electron chi connectivity index (χ4n) is 3.07. The number of hydrogen-bond acceptors (Lipinski definition) is 10. The van der Waals surface area contributed by atoms with Crippen LogP contribution in [0.5, 0.6) is 0 Å². The number of aliphatic hydroxyl groups excluding tert-OH is 3. The second-order valence-corrected chi connectivity index (χ2v) is 7.12. The van der Waals surface area contributed by atoms with E-state index in [0.29, 0.717) is 28.3 Å². The summed E-state index contributed by atoms with van der Waals surface area (Å²) in [4.78, 5) is 30.0. The summed E-state index contributed by atoms with van der Waals surface area (Å²) in [7, 11) is -2.92. The van der Waals surface area contributed by atoms with E-state index in [1.54, 1.807) is 22.8 Å². The smallest absolute Gasteiger partial charge is 0.394 e. The molecule has 154 valence electrons. The third-order valence-electron chi connectivity index (χ3n) is 4.22. The largest absolute Gasteiger partial charge is 0.466 e. The third kappa shape index (κ3) is 3.72. The molecule has 0 spiro atoms. The van der Waals surface area contributed by atoms with Crippen molar-refractivity contribution in [2.75, 3.05) is 18.7 Å². The number of nitrogens with zero attached hydrogens (tertiary/aromatic N) is 5. The molecule has 0 unspecified atom stereocenters. The van der Waals surface area contributed by atoms with Crippen LogP contribution in [0.4, 0.5) is 5.82 Å². The van der Waals surface area contributed by atoms with Gasteiger partial charge in [0.15, 0.2) is 17.9 Å². The molecule has 28 heavy (non-hydrogen) atoms. The summed E-state index contributed by atoms with van der Waals surface area (Å²) in [5.41, 5.74) is 7.10. The second-order valence-electron chi connectivity index (χ2n) is 6.10. The minimum absolute atomic E-state index is 0.297. The monoisotopic (exact) mass is 418 g/mol. The molecular weight excluding hydrogens is 399 g/mol. The summed E-state index contributed by atoms with van der Waals surface area (Å²) in [6.07, 6.45) is -1.10. The van der Waals surface area contributed by atoms with Crippen molar-refractivity contribution >= 4 is 30.5 Å². The zero-order valence-corrected chi connectivity index (χ0v) is 15.3. The lowest BCUT2D eigenvalue weighted by Gasteiger charge is -2.19. The Labute approximate surface area is 157 Å². The van der Waals surface area contributed by atoms with Crippen molar-refractivity contribution in [2.24, 2.45) is 10.8 Å². The molecule has 4 heterocycles. The van der Waals surface area contributed by atoms with E-state index in [1.807, 2.05) is 0 Å². The first-order valence-electron chi connectivity index (χ1n) is 7.87. The number of phosphoric acid groups is 1. The quantitative estimate of drug-likeness (QED) is 0.246. The second kappa shape index (κ2) is 7.35. The van der Waals surface area contributed by atoms with E-state index in [2.05, 4.69) is 15.1 Å². The van der Waals surface area contributed by atoms with Crippen molar-refractivity contribution < 1.29 is 39.3 Å². The topological polar surface area (TPSA) is 220 Å². The molecule has 15 heteroatoms. The summed E-state index contributed by atoms with van der Waals surface area (Å²) in [6.45, 7) is -0.395. The minimum Gasteiger partial charge on any atom is -0.394 e. The molecule has 8 N–H and O–H groups in total.